The molecule has 0 atom stereocenters. The number of carbonyl (C=O) groups is 1. The van der Waals surface area contributed by atoms with Crippen molar-refractivity contribution < 1.29 is 9.53 Å². The number of unbranched alkanes of at least 4 members (excludes halogenated alkanes) is 9. The van der Waals surface area contributed by atoms with E-state index in [4.69, 9.17) is 4.74 Å². The second-order valence-electron chi connectivity index (χ2n) is 10.1. The van der Waals surface area contributed by atoms with Crippen LogP contribution in [0.25, 0.3) is 0 Å². The van der Waals surface area contributed by atoms with Crippen LogP contribution in [-0.2, 0) is 9.53 Å². The summed E-state index contributed by atoms with van der Waals surface area (Å²) >= 11 is 0. The van der Waals surface area contributed by atoms with Crippen LogP contribution in [0.5, 0.6) is 0 Å². The number of carbonyl (C=O) groups excluding carboxylic acids is 1. The Hall–Kier alpha value is -0.610. The first kappa shape index (κ1) is 25.4. The fourth-order valence-electron chi connectivity index (χ4n) is 4.69. The molecule has 1 rings (SSSR count). The number of hydrogen-bond acceptors (Lipinski definition) is 4. The third-order valence-electron chi connectivity index (χ3n) is 5.71. The van der Waals surface area contributed by atoms with Crippen molar-refractivity contribution in [3.8, 4) is 0 Å². The molecule has 166 valence electrons. The van der Waals surface area contributed by atoms with Gasteiger partial charge in [-0.05, 0) is 47.0 Å². The number of hydrogen-bond donors (Lipinski definition) is 2. The number of piperidine rings is 1. The molecule has 1 saturated heterocycles. The van der Waals surface area contributed by atoms with E-state index < -0.39 is 0 Å². The summed E-state index contributed by atoms with van der Waals surface area (Å²) in [5, 5.41) is 7.26. The van der Waals surface area contributed by atoms with Gasteiger partial charge in [-0.25, -0.2) is 0 Å². The molecule has 1 aliphatic heterocycles. The topological polar surface area (TPSA) is 50.4 Å². The Morgan fingerprint density at radius 1 is 0.893 bits per heavy atom. The van der Waals surface area contributed by atoms with Gasteiger partial charge in [-0.1, -0.05) is 64.7 Å². The molecule has 1 fully saturated rings. The highest BCUT2D eigenvalue weighted by Crippen LogP contribution is 2.28. The lowest BCUT2D eigenvalue weighted by atomic mass is 9.79. The molecule has 0 bridgehead atoms. The molecule has 0 aliphatic carbocycles. The van der Waals surface area contributed by atoms with Gasteiger partial charge < -0.3 is 15.4 Å². The summed E-state index contributed by atoms with van der Waals surface area (Å²) in [5.74, 6) is -0.0594. The highest BCUT2D eigenvalue weighted by molar-refractivity contribution is 5.69. The van der Waals surface area contributed by atoms with Crippen molar-refractivity contribution in [2.45, 2.75) is 135 Å². The minimum Gasteiger partial charge on any atom is -0.466 e. The molecule has 0 aromatic heterocycles. The van der Waals surface area contributed by atoms with Crippen LogP contribution in [0, 0.1) is 0 Å². The van der Waals surface area contributed by atoms with E-state index in [2.05, 4.69) is 45.3 Å². The van der Waals surface area contributed by atoms with Crippen molar-refractivity contribution in [2.24, 2.45) is 0 Å². The van der Waals surface area contributed by atoms with Gasteiger partial charge in [0.25, 0.3) is 0 Å². The number of nitrogens with one attached hydrogen (secondary N) is 2. The average Bonchev–Trinajstić information content (AvgIpc) is 2.57. The standard InChI is InChI=1S/C24H48N2O2/c1-6-7-8-9-10-11-12-13-14-15-18-28-22(27)16-17-25-21-19-23(2,3)26-24(4,5)20-21/h21,25-26H,6-20H2,1-5H3. The van der Waals surface area contributed by atoms with Gasteiger partial charge in [0, 0.05) is 23.7 Å². The minimum absolute atomic E-state index is 0.0594. The van der Waals surface area contributed by atoms with Crippen molar-refractivity contribution in [1.82, 2.24) is 10.6 Å². The summed E-state index contributed by atoms with van der Waals surface area (Å²) in [6.07, 6.45) is 15.7. The third kappa shape index (κ3) is 12.8. The molecule has 0 saturated carbocycles. The Morgan fingerprint density at radius 3 is 1.93 bits per heavy atom. The summed E-state index contributed by atoms with van der Waals surface area (Å²) in [6.45, 7) is 12.6. The molecular formula is C24H48N2O2. The van der Waals surface area contributed by atoms with Crippen LogP contribution in [0.4, 0.5) is 0 Å². The number of rotatable bonds is 15. The van der Waals surface area contributed by atoms with Crippen LogP contribution in [0.2, 0.25) is 0 Å². The Balaban J connectivity index is 1.96. The third-order valence-corrected chi connectivity index (χ3v) is 5.71. The maximum absolute atomic E-state index is 11.9. The molecular weight excluding hydrogens is 348 g/mol. The van der Waals surface area contributed by atoms with Crippen molar-refractivity contribution >= 4 is 5.97 Å². The van der Waals surface area contributed by atoms with Crippen LogP contribution in [-0.4, -0.2) is 36.2 Å². The lowest BCUT2D eigenvalue weighted by Gasteiger charge is -2.46. The monoisotopic (exact) mass is 396 g/mol. The van der Waals surface area contributed by atoms with Crippen LogP contribution in [0.1, 0.15) is 118 Å². The minimum atomic E-state index is -0.0594. The summed E-state index contributed by atoms with van der Waals surface area (Å²) in [7, 11) is 0. The van der Waals surface area contributed by atoms with Gasteiger partial charge in [0.2, 0.25) is 0 Å². The maximum atomic E-state index is 11.9. The summed E-state index contributed by atoms with van der Waals surface area (Å²) in [5.41, 5.74) is 0.269. The van der Waals surface area contributed by atoms with E-state index in [1.54, 1.807) is 0 Å². The molecule has 1 heterocycles. The first-order chi connectivity index (χ1) is 13.2. The average molecular weight is 397 g/mol. The number of ether oxygens (including phenoxy) is 1. The fourth-order valence-corrected chi connectivity index (χ4v) is 4.69. The highest BCUT2D eigenvalue weighted by atomic mass is 16.5. The smallest absolute Gasteiger partial charge is 0.307 e. The van der Waals surface area contributed by atoms with Crippen LogP contribution in [0.15, 0.2) is 0 Å². The largest absolute Gasteiger partial charge is 0.466 e. The second-order valence-corrected chi connectivity index (χ2v) is 10.1. The van der Waals surface area contributed by atoms with Gasteiger partial charge in [0.05, 0.1) is 13.0 Å². The fraction of sp³-hybridized carbons (Fsp3) is 0.958. The van der Waals surface area contributed by atoms with E-state index in [0.29, 0.717) is 25.6 Å². The van der Waals surface area contributed by atoms with Gasteiger partial charge in [-0.15, -0.1) is 0 Å². The van der Waals surface area contributed by atoms with Crippen LogP contribution >= 0.6 is 0 Å². The van der Waals surface area contributed by atoms with Crippen molar-refractivity contribution in [3.63, 3.8) is 0 Å². The first-order valence-electron chi connectivity index (χ1n) is 11.9. The molecule has 0 aromatic carbocycles. The van der Waals surface area contributed by atoms with E-state index in [1.807, 2.05) is 0 Å². The predicted molar refractivity (Wildman–Crippen MR) is 120 cm³/mol. The summed E-state index contributed by atoms with van der Waals surface area (Å²) in [6, 6.07) is 0.459. The molecule has 0 amide bonds. The summed E-state index contributed by atoms with van der Waals surface area (Å²) < 4.78 is 5.39. The Bertz CT molecular complexity index is 405. The zero-order chi connectivity index (χ0) is 20.9. The van der Waals surface area contributed by atoms with Gasteiger partial charge >= 0.3 is 5.97 Å². The predicted octanol–water partition coefficient (Wildman–Crippen LogP) is 5.74. The molecule has 4 heteroatoms. The summed E-state index contributed by atoms with van der Waals surface area (Å²) in [4.78, 5) is 11.9. The van der Waals surface area contributed by atoms with E-state index in [-0.39, 0.29) is 17.0 Å². The van der Waals surface area contributed by atoms with Gasteiger partial charge in [0.15, 0.2) is 0 Å². The highest BCUT2D eigenvalue weighted by Gasteiger charge is 2.37. The molecule has 0 spiro atoms. The molecule has 0 unspecified atom stereocenters. The zero-order valence-electron chi connectivity index (χ0n) is 19.5. The lowest BCUT2D eigenvalue weighted by Crippen LogP contribution is -2.61. The molecule has 28 heavy (non-hydrogen) atoms. The van der Waals surface area contributed by atoms with E-state index in [9.17, 15) is 4.79 Å². The molecule has 0 aromatic rings. The number of esters is 1. The molecule has 1 aliphatic rings. The Kier molecular flexibility index (Phi) is 12.3. The zero-order valence-corrected chi connectivity index (χ0v) is 19.5. The molecule has 0 radical (unpaired) electrons. The normalized spacial score (nSPS) is 18.9. The SMILES string of the molecule is CCCCCCCCCCCCOC(=O)CCNC1CC(C)(C)NC(C)(C)C1. The van der Waals surface area contributed by atoms with Crippen molar-refractivity contribution in [2.75, 3.05) is 13.2 Å². The van der Waals surface area contributed by atoms with E-state index in [1.165, 1.54) is 57.8 Å². The van der Waals surface area contributed by atoms with Crippen molar-refractivity contribution in [1.29, 1.82) is 0 Å². The van der Waals surface area contributed by atoms with Crippen LogP contribution < -0.4 is 10.6 Å². The molecule has 2 N–H and O–H groups in total. The second kappa shape index (κ2) is 13.6. The lowest BCUT2D eigenvalue weighted by molar-refractivity contribution is -0.143. The maximum Gasteiger partial charge on any atom is 0.307 e. The van der Waals surface area contributed by atoms with Crippen molar-refractivity contribution in [3.05, 3.63) is 0 Å². The molecule has 4 nitrogen and oxygen atoms in total. The Labute approximate surface area is 175 Å². The van der Waals surface area contributed by atoms with Crippen LogP contribution in [0.3, 0.4) is 0 Å². The van der Waals surface area contributed by atoms with Gasteiger partial charge in [0.1, 0.15) is 0 Å². The van der Waals surface area contributed by atoms with E-state index in [0.717, 1.165) is 19.3 Å². The van der Waals surface area contributed by atoms with Gasteiger partial charge in [-0.2, -0.15) is 0 Å². The quantitative estimate of drug-likeness (QED) is 0.274. The van der Waals surface area contributed by atoms with Gasteiger partial charge in [-0.3, -0.25) is 4.79 Å². The van der Waals surface area contributed by atoms with E-state index >= 15 is 0 Å². The Morgan fingerprint density at radius 2 is 1.39 bits per heavy atom. The first-order valence-corrected chi connectivity index (χ1v) is 11.9.